The number of nitro benzene ring substituents is 1. The lowest BCUT2D eigenvalue weighted by atomic mass is 10.0. The van der Waals surface area contributed by atoms with Gasteiger partial charge in [0.05, 0.1) is 21.7 Å². The number of rotatable bonds is 3. The van der Waals surface area contributed by atoms with Crippen LogP contribution in [0.1, 0.15) is 19.8 Å². The van der Waals surface area contributed by atoms with Gasteiger partial charge >= 0.3 is 0 Å². The van der Waals surface area contributed by atoms with E-state index in [0.717, 1.165) is 12.8 Å². The van der Waals surface area contributed by atoms with E-state index in [1.165, 1.54) is 12.1 Å². The normalized spacial score (nSPS) is 23.7. The molecule has 0 bridgehead atoms. The van der Waals surface area contributed by atoms with Crippen molar-refractivity contribution < 1.29 is 9.66 Å². The summed E-state index contributed by atoms with van der Waals surface area (Å²) in [6.07, 6.45) is 1.95. The van der Waals surface area contributed by atoms with Crippen LogP contribution in [0.5, 0.6) is 0 Å². The zero-order chi connectivity index (χ0) is 13.1. The van der Waals surface area contributed by atoms with Crippen LogP contribution in [0.2, 0.25) is 5.02 Å². The van der Waals surface area contributed by atoms with Crippen LogP contribution < -0.4 is 5.32 Å². The van der Waals surface area contributed by atoms with Crippen molar-refractivity contribution in [1.29, 1.82) is 0 Å². The van der Waals surface area contributed by atoms with Gasteiger partial charge in [-0.1, -0.05) is 11.6 Å². The molecule has 0 aliphatic carbocycles. The van der Waals surface area contributed by atoms with Crippen molar-refractivity contribution in [1.82, 2.24) is 0 Å². The van der Waals surface area contributed by atoms with Crippen molar-refractivity contribution in [2.45, 2.75) is 31.9 Å². The molecule has 2 unspecified atom stereocenters. The number of halogens is 1. The number of nitrogens with one attached hydrogen (secondary N) is 1. The Bertz CT molecular complexity index is 453. The van der Waals surface area contributed by atoms with Crippen LogP contribution in [-0.4, -0.2) is 23.7 Å². The fraction of sp³-hybridized carbons (Fsp3) is 0.500. The highest BCUT2D eigenvalue weighted by atomic mass is 35.5. The molecule has 0 radical (unpaired) electrons. The van der Waals surface area contributed by atoms with Gasteiger partial charge in [0.1, 0.15) is 0 Å². The first kappa shape index (κ1) is 13.1. The molecule has 0 aromatic heterocycles. The number of nitrogens with zero attached hydrogens (tertiary/aromatic N) is 1. The number of non-ortho nitro benzene ring substituents is 1. The molecule has 1 N–H and O–H groups in total. The molecular weight excluding hydrogens is 256 g/mol. The molecule has 1 heterocycles. The first-order valence-electron chi connectivity index (χ1n) is 5.88. The maximum Gasteiger partial charge on any atom is 0.271 e. The summed E-state index contributed by atoms with van der Waals surface area (Å²) in [5.74, 6) is 0. The molecule has 1 aliphatic heterocycles. The Labute approximate surface area is 110 Å². The van der Waals surface area contributed by atoms with Crippen LogP contribution in [0, 0.1) is 10.1 Å². The van der Waals surface area contributed by atoms with E-state index in [4.69, 9.17) is 16.3 Å². The minimum Gasteiger partial charge on any atom is -0.381 e. The van der Waals surface area contributed by atoms with Gasteiger partial charge in [-0.3, -0.25) is 10.1 Å². The van der Waals surface area contributed by atoms with E-state index in [9.17, 15) is 10.1 Å². The molecule has 98 valence electrons. The van der Waals surface area contributed by atoms with Crippen molar-refractivity contribution in [3.63, 3.8) is 0 Å². The molecular formula is C12H15ClN2O3. The summed E-state index contributed by atoms with van der Waals surface area (Å²) in [6.45, 7) is 2.72. The second kappa shape index (κ2) is 5.54. The number of hydrogen-bond donors (Lipinski definition) is 1. The zero-order valence-corrected chi connectivity index (χ0v) is 10.8. The van der Waals surface area contributed by atoms with Gasteiger partial charge in [-0.25, -0.2) is 0 Å². The molecule has 6 heteroatoms. The van der Waals surface area contributed by atoms with Gasteiger partial charge in [-0.15, -0.1) is 0 Å². The van der Waals surface area contributed by atoms with E-state index in [-0.39, 0.29) is 17.8 Å². The molecule has 0 amide bonds. The molecule has 5 nitrogen and oxygen atoms in total. The van der Waals surface area contributed by atoms with E-state index in [0.29, 0.717) is 17.3 Å². The summed E-state index contributed by atoms with van der Waals surface area (Å²) in [5, 5.41) is 14.5. The number of nitro groups is 1. The lowest BCUT2D eigenvalue weighted by Gasteiger charge is -2.28. The van der Waals surface area contributed by atoms with Crippen molar-refractivity contribution >= 4 is 23.0 Å². The standard InChI is InChI=1S/C12H15ClN2O3/c1-8-6-9(4-5-18-8)14-12-7-10(15(16)17)2-3-11(12)13/h2-3,7-9,14H,4-6H2,1H3. The molecule has 2 atom stereocenters. The fourth-order valence-electron chi connectivity index (χ4n) is 2.09. The first-order valence-corrected chi connectivity index (χ1v) is 6.26. The van der Waals surface area contributed by atoms with E-state index < -0.39 is 4.92 Å². The van der Waals surface area contributed by atoms with Crippen LogP contribution >= 0.6 is 11.6 Å². The molecule has 1 saturated heterocycles. The Balaban J connectivity index is 2.12. The second-order valence-electron chi connectivity index (χ2n) is 4.47. The maximum absolute atomic E-state index is 10.7. The third kappa shape index (κ3) is 3.11. The van der Waals surface area contributed by atoms with Crippen molar-refractivity contribution in [3.05, 3.63) is 33.3 Å². The third-order valence-corrected chi connectivity index (χ3v) is 3.34. The van der Waals surface area contributed by atoms with Gasteiger partial charge < -0.3 is 10.1 Å². The predicted molar refractivity (Wildman–Crippen MR) is 70.2 cm³/mol. The summed E-state index contributed by atoms with van der Waals surface area (Å²) in [5.41, 5.74) is 0.659. The smallest absolute Gasteiger partial charge is 0.271 e. The molecule has 18 heavy (non-hydrogen) atoms. The number of hydrogen-bond acceptors (Lipinski definition) is 4. The summed E-state index contributed by atoms with van der Waals surface area (Å²) < 4.78 is 5.46. The second-order valence-corrected chi connectivity index (χ2v) is 4.88. The number of anilines is 1. The fourth-order valence-corrected chi connectivity index (χ4v) is 2.26. The average molecular weight is 271 g/mol. The van der Waals surface area contributed by atoms with E-state index in [2.05, 4.69) is 5.32 Å². The average Bonchev–Trinajstić information content (AvgIpc) is 2.31. The van der Waals surface area contributed by atoms with Crippen LogP contribution in [0.3, 0.4) is 0 Å². The maximum atomic E-state index is 10.7. The van der Waals surface area contributed by atoms with Crippen LogP contribution in [0.15, 0.2) is 18.2 Å². The number of ether oxygens (including phenoxy) is 1. The molecule has 0 spiro atoms. The van der Waals surface area contributed by atoms with Crippen molar-refractivity contribution in [2.75, 3.05) is 11.9 Å². The first-order chi connectivity index (χ1) is 8.56. The molecule has 2 rings (SSSR count). The number of benzene rings is 1. The van der Waals surface area contributed by atoms with Gasteiger partial charge in [0.2, 0.25) is 0 Å². The molecule has 0 saturated carbocycles. The van der Waals surface area contributed by atoms with Crippen LogP contribution in [0.25, 0.3) is 0 Å². The van der Waals surface area contributed by atoms with E-state index in [1.54, 1.807) is 6.07 Å². The Morgan fingerprint density at radius 2 is 2.33 bits per heavy atom. The van der Waals surface area contributed by atoms with E-state index in [1.807, 2.05) is 6.92 Å². The minimum absolute atomic E-state index is 0.0435. The lowest BCUT2D eigenvalue weighted by molar-refractivity contribution is -0.384. The Morgan fingerprint density at radius 3 is 3.00 bits per heavy atom. The summed E-state index contributed by atoms with van der Waals surface area (Å²) in [7, 11) is 0. The predicted octanol–water partition coefficient (Wildman–Crippen LogP) is 3.23. The van der Waals surface area contributed by atoms with Gasteiger partial charge in [0, 0.05) is 24.8 Å². The zero-order valence-electron chi connectivity index (χ0n) is 10.1. The highest BCUT2D eigenvalue weighted by Crippen LogP contribution is 2.29. The minimum atomic E-state index is -0.423. The van der Waals surface area contributed by atoms with Gasteiger partial charge in [0.15, 0.2) is 0 Å². The summed E-state index contributed by atoms with van der Waals surface area (Å²) in [6, 6.07) is 4.67. The highest BCUT2D eigenvalue weighted by Gasteiger charge is 2.20. The Hall–Kier alpha value is -1.33. The Morgan fingerprint density at radius 1 is 1.56 bits per heavy atom. The molecule has 1 aliphatic rings. The van der Waals surface area contributed by atoms with Crippen molar-refractivity contribution in [2.24, 2.45) is 0 Å². The quantitative estimate of drug-likeness (QED) is 0.676. The van der Waals surface area contributed by atoms with Gasteiger partial charge in [0.25, 0.3) is 5.69 Å². The van der Waals surface area contributed by atoms with E-state index >= 15 is 0 Å². The lowest BCUT2D eigenvalue weighted by Crippen LogP contribution is -2.32. The highest BCUT2D eigenvalue weighted by molar-refractivity contribution is 6.33. The van der Waals surface area contributed by atoms with Gasteiger partial charge in [-0.05, 0) is 25.8 Å². The van der Waals surface area contributed by atoms with Crippen LogP contribution in [-0.2, 0) is 4.74 Å². The molecule has 1 aromatic rings. The third-order valence-electron chi connectivity index (χ3n) is 3.01. The monoisotopic (exact) mass is 270 g/mol. The molecule has 1 aromatic carbocycles. The SMILES string of the molecule is CC1CC(Nc2cc([N+](=O)[O-])ccc2Cl)CCO1. The Kier molecular flexibility index (Phi) is 4.04. The topological polar surface area (TPSA) is 64.4 Å². The van der Waals surface area contributed by atoms with Crippen LogP contribution in [0.4, 0.5) is 11.4 Å². The van der Waals surface area contributed by atoms with Crippen molar-refractivity contribution in [3.8, 4) is 0 Å². The molecule has 1 fully saturated rings. The summed E-state index contributed by atoms with van der Waals surface area (Å²) >= 11 is 6.04. The largest absolute Gasteiger partial charge is 0.381 e. The van der Waals surface area contributed by atoms with Gasteiger partial charge in [-0.2, -0.15) is 0 Å². The summed E-state index contributed by atoms with van der Waals surface area (Å²) in [4.78, 5) is 10.3.